The van der Waals surface area contributed by atoms with Crippen molar-refractivity contribution in [2.45, 2.75) is 13.0 Å². The molecule has 3 aromatic rings. The summed E-state index contributed by atoms with van der Waals surface area (Å²) in [4.78, 5) is 39.1. The molecule has 1 aromatic heterocycles. The molecule has 3 rings (SSSR count). The second-order valence-corrected chi connectivity index (χ2v) is 6.57. The van der Waals surface area contributed by atoms with Gasteiger partial charge < -0.3 is 24.5 Å². The van der Waals surface area contributed by atoms with Crippen LogP contribution in [0.25, 0.3) is 10.8 Å². The molecule has 0 radical (unpaired) electrons. The SMILES string of the molecule is COc1ccc(OC)c([C@H](C)NC(=O)COC(=O)c2cc3ccccc3c(=O)[nH]2)c1. The first-order chi connectivity index (χ1) is 14.4. The molecule has 2 N–H and O–H groups in total. The monoisotopic (exact) mass is 410 g/mol. The van der Waals surface area contributed by atoms with Crippen molar-refractivity contribution in [1.82, 2.24) is 10.3 Å². The fourth-order valence-corrected chi connectivity index (χ4v) is 3.07. The fourth-order valence-electron chi connectivity index (χ4n) is 3.07. The lowest BCUT2D eigenvalue weighted by Crippen LogP contribution is -2.31. The Morgan fingerprint density at radius 1 is 1.07 bits per heavy atom. The van der Waals surface area contributed by atoms with Crippen molar-refractivity contribution in [1.29, 1.82) is 0 Å². The number of benzene rings is 2. The molecule has 0 bridgehead atoms. The number of ether oxygens (including phenoxy) is 3. The third-order valence-electron chi connectivity index (χ3n) is 4.59. The van der Waals surface area contributed by atoms with Gasteiger partial charge in [-0.3, -0.25) is 9.59 Å². The highest BCUT2D eigenvalue weighted by molar-refractivity contribution is 5.94. The molecule has 0 aliphatic carbocycles. The van der Waals surface area contributed by atoms with Gasteiger partial charge in [-0.2, -0.15) is 0 Å². The molecule has 0 unspecified atom stereocenters. The molecular formula is C22H22N2O6. The molecule has 0 fully saturated rings. The van der Waals surface area contributed by atoms with Crippen LogP contribution in [0.1, 0.15) is 29.0 Å². The topological polar surface area (TPSA) is 107 Å². The van der Waals surface area contributed by atoms with Gasteiger partial charge in [-0.15, -0.1) is 0 Å². The molecule has 1 amide bonds. The first-order valence-electron chi connectivity index (χ1n) is 9.23. The number of esters is 1. The van der Waals surface area contributed by atoms with E-state index in [1.807, 2.05) is 0 Å². The average Bonchev–Trinajstić information content (AvgIpc) is 2.76. The van der Waals surface area contributed by atoms with Crippen LogP contribution in [-0.2, 0) is 9.53 Å². The van der Waals surface area contributed by atoms with Crippen LogP contribution in [0.15, 0.2) is 53.3 Å². The number of fused-ring (bicyclic) bond motifs is 1. The number of carbonyl (C=O) groups is 2. The first-order valence-corrected chi connectivity index (χ1v) is 9.23. The average molecular weight is 410 g/mol. The first kappa shape index (κ1) is 20.9. The van der Waals surface area contributed by atoms with Crippen LogP contribution in [0, 0.1) is 0 Å². The molecule has 0 saturated carbocycles. The van der Waals surface area contributed by atoms with Gasteiger partial charge in [0.05, 0.1) is 20.3 Å². The van der Waals surface area contributed by atoms with Crippen LogP contribution in [0.5, 0.6) is 11.5 Å². The molecule has 8 nitrogen and oxygen atoms in total. The van der Waals surface area contributed by atoms with Crippen molar-refractivity contribution in [2.24, 2.45) is 0 Å². The maximum absolute atomic E-state index is 12.3. The van der Waals surface area contributed by atoms with E-state index in [0.29, 0.717) is 22.3 Å². The number of hydrogen-bond donors (Lipinski definition) is 2. The molecule has 156 valence electrons. The number of methoxy groups -OCH3 is 2. The zero-order chi connectivity index (χ0) is 21.7. The van der Waals surface area contributed by atoms with E-state index in [-0.39, 0.29) is 5.69 Å². The van der Waals surface area contributed by atoms with Gasteiger partial charge in [-0.05, 0) is 42.6 Å². The van der Waals surface area contributed by atoms with Crippen LogP contribution in [0.3, 0.4) is 0 Å². The third kappa shape index (κ3) is 4.60. The van der Waals surface area contributed by atoms with E-state index < -0.39 is 30.1 Å². The van der Waals surface area contributed by atoms with Crippen LogP contribution in [-0.4, -0.2) is 37.7 Å². The molecule has 0 aliphatic heterocycles. The van der Waals surface area contributed by atoms with Gasteiger partial charge in [0, 0.05) is 10.9 Å². The number of aromatic amines is 1. The lowest BCUT2D eigenvalue weighted by Gasteiger charge is -2.18. The predicted octanol–water partition coefficient (Wildman–Crippen LogP) is 2.58. The molecule has 1 heterocycles. The number of pyridine rings is 1. The van der Waals surface area contributed by atoms with Crippen LogP contribution in [0.2, 0.25) is 0 Å². The van der Waals surface area contributed by atoms with Gasteiger partial charge in [0.15, 0.2) is 6.61 Å². The summed E-state index contributed by atoms with van der Waals surface area (Å²) in [6, 6.07) is 13.2. The van der Waals surface area contributed by atoms with Gasteiger partial charge in [-0.1, -0.05) is 18.2 Å². The largest absolute Gasteiger partial charge is 0.497 e. The highest BCUT2D eigenvalue weighted by Crippen LogP contribution is 2.29. The van der Waals surface area contributed by atoms with Gasteiger partial charge >= 0.3 is 5.97 Å². The number of H-pyrrole nitrogens is 1. The lowest BCUT2D eigenvalue weighted by atomic mass is 10.1. The standard InChI is InChI=1S/C22H22N2O6/c1-13(17-11-15(28-2)8-9-19(17)29-3)23-20(25)12-30-22(27)18-10-14-6-4-5-7-16(14)21(26)24-18/h4-11,13H,12H2,1-3H3,(H,23,25)(H,24,26)/t13-/m0/s1. The Morgan fingerprint density at radius 2 is 1.83 bits per heavy atom. The molecule has 1 atom stereocenters. The Balaban J connectivity index is 1.65. The Kier molecular flexibility index (Phi) is 6.36. The summed E-state index contributed by atoms with van der Waals surface area (Å²) in [6.45, 7) is 1.28. The van der Waals surface area contributed by atoms with Gasteiger partial charge in [-0.25, -0.2) is 4.79 Å². The summed E-state index contributed by atoms with van der Waals surface area (Å²) in [5, 5.41) is 3.82. The van der Waals surface area contributed by atoms with Gasteiger partial charge in [0.2, 0.25) is 0 Å². The van der Waals surface area contributed by atoms with E-state index >= 15 is 0 Å². The minimum Gasteiger partial charge on any atom is -0.497 e. The number of hydrogen-bond acceptors (Lipinski definition) is 6. The molecule has 0 saturated heterocycles. The number of amides is 1. The second-order valence-electron chi connectivity index (χ2n) is 6.57. The van der Waals surface area contributed by atoms with Crippen molar-refractivity contribution < 1.29 is 23.8 Å². The van der Waals surface area contributed by atoms with Crippen LogP contribution in [0.4, 0.5) is 0 Å². The smallest absolute Gasteiger partial charge is 0.355 e. The van der Waals surface area contributed by atoms with E-state index in [1.54, 1.807) is 56.5 Å². The summed E-state index contributed by atoms with van der Waals surface area (Å²) in [5.74, 6) is -0.0728. The molecule has 30 heavy (non-hydrogen) atoms. The summed E-state index contributed by atoms with van der Waals surface area (Å²) in [6.07, 6.45) is 0. The lowest BCUT2D eigenvalue weighted by molar-refractivity contribution is -0.124. The van der Waals surface area contributed by atoms with Gasteiger partial charge in [0.1, 0.15) is 17.2 Å². The summed E-state index contributed by atoms with van der Waals surface area (Å²) < 4.78 is 15.6. The summed E-state index contributed by atoms with van der Waals surface area (Å²) >= 11 is 0. The Labute approximate surface area is 172 Å². The van der Waals surface area contributed by atoms with Crippen molar-refractivity contribution in [2.75, 3.05) is 20.8 Å². The fraction of sp³-hybridized carbons (Fsp3) is 0.227. The van der Waals surface area contributed by atoms with Gasteiger partial charge in [0.25, 0.3) is 11.5 Å². The number of aromatic nitrogens is 1. The van der Waals surface area contributed by atoms with Crippen LogP contribution >= 0.6 is 0 Å². The summed E-state index contributed by atoms with van der Waals surface area (Å²) in [7, 11) is 3.08. The van der Waals surface area contributed by atoms with E-state index in [2.05, 4.69) is 10.3 Å². The molecular weight excluding hydrogens is 388 g/mol. The van der Waals surface area contributed by atoms with Crippen molar-refractivity contribution >= 4 is 22.6 Å². The van der Waals surface area contributed by atoms with E-state index in [9.17, 15) is 14.4 Å². The quantitative estimate of drug-likeness (QED) is 0.580. The van der Waals surface area contributed by atoms with E-state index in [1.165, 1.54) is 13.2 Å². The van der Waals surface area contributed by atoms with Crippen molar-refractivity contribution in [3.8, 4) is 11.5 Å². The minimum atomic E-state index is -0.792. The normalized spacial score (nSPS) is 11.6. The maximum atomic E-state index is 12.3. The zero-order valence-corrected chi connectivity index (χ0v) is 16.9. The number of rotatable bonds is 7. The maximum Gasteiger partial charge on any atom is 0.355 e. The Morgan fingerprint density at radius 3 is 2.57 bits per heavy atom. The second kappa shape index (κ2) is 9.13. The minimum absolute atomic E-state index is 0.0194. The van der Waals surface area contributed by atoms with Crippen molar-refractivity contribution in [3.63, 3.8) is 0 Å². The Bertz CT molecular complexity index is 1140. The number of carbonyl (C=O) groups excluding carboxylic acids is 2. The molecule has 8 heteroatoms. The molecule has 0 aliphatic rings. The van der Waals surface area contributed by atoms with Crippen LogP contribution < -0.4 is 20.3 Å². The highest BCUT2D eigenvalue weighted by atomic mass is 16.5. The van der Waals surface area contributed by atoms with E-state index in [0.717, 1.165) is 5.56 Å². The Hall–Kier alpha value is -3.81. The third-order valence-corrected chi connectivity index (χ3v) is 4.59. The number of nitrogens with one attached hydrogen (secondary N) is 2. The predicted molar refractivity (Wildman–Crippen MR) is 111 cm³/mol. The molecule has 2 aromatic carbocycles. The van der Waals surface area contributed by atoms with Crippen molar-refractivity contribution in [3.05, 3.63) is 70.1 Å². The summed E-state index contributed by atoms with van der Waals surface area (Å²) in [5.41, 5.74) is 0.299. The molecule has 0 spiro atoms. The van der Waals surface area contributed by atoms with E-state index in [4.69, 9.17) is 14.2 Å². The zero-order valence-electron chi connectivity index (χ0n) is 16.9. The highest BCUT2D eigenvalue weighted by Gasteiger charge is 2.17.